The minimum atomic E-state index is 0.490. The zero-order valence-electron chi connectivity index (χ0n) is 12.5. The van der Waals surface area contributed by atoms with Crippen LogP contribution in [0.2, 0.25) is 0 Å². The summed E-state index contributed by atoms with van der Waals surface area (Å²) in [5.41, 5.74) is 4.99. The van der Waals surface area contributed by atoms with Gasteiger partial charge in [0.2, 0.25) is 0 Å². The quantitative estimate of drug-likeness (QED) is 0.845. The van der Waals surface area contributed by atoms with Gasteiger partial charge in [-0.2, -0.15) is 5.26 Å². The second kappa shape index (κ2) is 5.41. The fraction of sp³-hybridized carbons (Fsp3) is 0.625. The molecular formula is C16H24N4+2. The molecule has 1 aromatic rings. The number of H-pyrrole nitrogens is 1. The first-order chi connectivity index (χ1) is 9.72. The van der Waals surface area contributed by atoms with Gasteiger partial charge in [0.05, 0.1) is 0 Å². The number of hydrogen-bond acceptors (Lipinski definition) is 2. The van der Waals surface area contributed by atoms with E-state index in [1.807, 2.05) is 0 Å². The highest BCUT2D eigenvalue weighted by Gasteiger charge is 2.32. The monoisotopic (exact) mass is 272 g/mol. The maximum atomic E-state index is 9.64. The van der Waals surface area contributed by atoms with Crippen LogP contribution in [0.15, 0.2) is 0 Å². The smallest absolute Gasteiger partial charge is 0.293 e. The number of anilines is 1. The Hall–Kier alpha value is -1.60. The molecule has 4 heteroatoms. The number of rotatable bonds is 2. The molecule has 2 aliphatic rings. The van der Waals surface area contributed by atoms with Crippen molar-refractivity contribution in [1.82, 2.24) is 0 Å². The first kappa shape index (κ1) is 13.4. The molecule has 3 rings (SSSR count). The molecular weight excluding hydrogens is 248 g/mol. The van der Waals surface area contributed by atoms with Crippen molar-refractivity contribution in [1.29, 1.82) is 5.26 Å². The largest absolute Gasteiger partial charge is 0.340 e. The Morgan fingerprint density at radius 2 is 1.90 bits per heavy atom. The molecule has 2 heterocycles. The summed E-state index contributed by atoms with van der Waals surface area (Å²) in [6, 6.07) is 2.48. The number of piperazine rings is 1. The third kappa shape index (κ3) is 2.16. The molecule has 0 bridgehead atoms. The molecule has 1 aliphatic carbocycles. The molecule has 106 valence electrons. The molecule has 0 saturated carbocycles. The zero-order chi connectivity index (χ0) is 14.1. The van der Waals surface area contributed by atoms with E-state index in [9.17, 15) is 5.26 Å². The van der Waals surface area contributed by atoms with E-state index in [0.29, 0.717) is 5.92 Å². The van der Waals surface area contributed by atoms with Crippen LogP contribution in [0.3, 0.4) is 0 Å². The lowest BCUT2D eigenvalue weighted by Gasteiger charge is -2.22. The van der Waals surface area contributed by atoms with Crippen molar-refractivity contribution in [2.24, 2.45) is 0 Å². The van der Waals surface area contributed by atoms with Gasteiger partial charge in [-0.05, 0) is 30.4 Å². The van der Waals surface area contributed by atoms with Gasteiger partial charge in [0.1, 0.15) is 43.5 Å². The third-order valence-corrected chi connectivity index (χ3v) is 4.55. The van der Waals surface area contributed by atoms with Gasteiger partial charge in [-0.1, -0.05) is 13.8 Å². The van der Waals surface area contributed by atoms with Crippen molar-refractivity contribution in [2.45, 2.75) is 39.0 Å². The lowest BCUT2D eigenvalue weighted by molar-refractivity contribution is -0.656. The number of hydrogen-bond donors (Lipinski definition) is 1. The highest BCUT2D eigenvalue weighted by molar-refractivity contribution is 5.58. The molecule has 1 aromatic heterocycles. The number of nitrogens with zero attached hydrogens (tertiary/aromatic N) is 2. The van der Waals surface area contributed by atoms with E-state index in [-0.39, 0.29) is 0 Å². The summed E-state index contributed by atoms with van der Waals surface area (Å²) < 4.78 is 0. The number of nitrogens with one attached hydrogen (secondary N) is 1. The van der Waals surface area contributed by atoms with Crippen LogP contribution < -0.4 is 15.2 Å². The van der Waals surface area contributed by atoms with Crippen LogP contribution in [0, 0.1) is 11.3 Å². The molecule has 0 amide bonds. The lowest BCUT2D eigenvalue weighted by atomic mass is 9.97. The standard InChI is InChI=1S/C16H22N4/c1-11(2)15-13-5-3-4-12(13)14(10-17)16(19-15)20-8-6-18-7-9-20/h11,18H,3-9H2,1-2H3/p+2. The molecule has 0 aromatic carbocycles. The Morgan fingerprint density at radius 3 is 2.55 bits per heavy atom. The van der Waals surface area contributed by atoms with Crippen molar-refractivity contribution >= 4 is 5.82 Å². The number of aromatic amines is 1. The van der Waals surface area contributed by atoms with Crippen molar-refractivity contribution in [2.75, 3.05) is 31.1 Å². The van der Waals surface area contributed by atoms with E-state index in [0.717, 1.165) is 50.4 Å². The number of fused-ring (bicyclic) bond motifs is 1. The lowest BCUT2D eigenvalue weighted by Crippen LogP contribution is -2.90. The topological polar surface area (TPSA) is 57.8 Å². The van der Waals surface area contributed by atoms with Crippen molar-refractivity contribution in [3.05, 3.63) is 22.4 Å². The molecule has 0 spiro atoms. The Kier molecular flexibility index (Phi) is 3.62. The molecule has 0 atom stereocenters. The number of aromatic nitrogens is 1. The van der Waals surface area contributed by atoms with Crippen molar-refractivity contribution in [3.63, 3.8) is 0 Å². The predicted octanol–water partition coefficient (Wildman–Crippen LogP) is 0.368. The fourth-order valence-corrected chi connectivity index (χ4v) is 3.55. The fourth-order valence-electron chi connectivity index (χ4n) is 3.55. The first-order valence-corrected chi connectivity index (χ1v) is 7.80. The average molecular weight is 272 g/mol. The first-order valence-electron chi connectivity index (χ1n) is 7.80. The van der Waals surface area contributed by atoms with Gasteiger partial charge in [-0.3, -0.25) is 0 Å². The minimum absolute atomic E-state index is 0.490. The summed E-state index contributed by atoms with van der Waals surface area (Å²) >= 11 is 0. The molecule has 0 unspecified atom stereocenters. The van der Waals surface area contributed by atoms with E-state index in [2.05, 4.69) is 35.1 Å². The summed E-state index contributed by atoms with van der Waals surface area (Å²) in [6.45, 7) is 8.77. The van der Waals surface area contributed by atoms with E-state index >= 15 is 0 Å². The zero-order valence-corrected chi connectivity index (χ0v) is 12.5. The minimum Gasteiger partial charge on any atom is -0.340 e. The van der Waals surface area contributed by atoms with Crippen molar-refractivity contribution < 1.29 is 10.3 Å². The van der Waals surface area contributed by atoms with Gasteiger partial charge >= 0.3 is 0 Å². The second-order valence-electron chi connectivity index (χ2n) is 6.19. The SMILES string of the molecule is CC(C)c1[nH+]c(N2CC[NH2+]CC2)c(C#N)c2c1CCC2. The molecule has 4 nitrogen and oxygen atoms in total. The normalized spacial score (nSPS) is 18.2. The van der Waals surface area contributed by atoms with E-state index in [1.165, 1.54) is 23.2 Å². The molecule has 0 radical (unpaired) electrons. The van der Waals surface area contributed by atoms with Gasteiger partial charge in [-0.25, -0.2) is 9.88 Å². The summed E-state index contributed by atoms with van der Waals surface area (Å²) in [7, 11) is 0. The predicted molar refractivity (Wildman–Crippen MR) is 77.7 cm³/mol. The Bertz CT molecular complexity index is 551. The van der Waals surface area contributed by atoms with Crippen LogP contribution in [0.5, 0.6) is 0 Å². The van der Waals surface area contributed by atoms with Crippen molar-refractivity contribution in [3.8, 4) is 6.07 Å². The number of quaternary nitrogens is 1. The van der Waals surface area contributed by atoms with E-state index in [4.69, 9.17) is 0 Å². The van der Waals surface area contributed by atoms with Gasteiger partial charge < -0.3 is 5.32 Å². The summed E-state index contributed by atoms with van der Waals surface area (Å²) in [6.07, 6.45) is 3.39. The molecule has 1 saturated heterocycles. The van der Waals surface area contributed by atoms with Crippen LogP contribution in [-0.4, -0.2) is 26.2 Å². The van der Waals surface area contributed by atoms with Crippen LogP contribution in [-0.2, 0) is 12.8 Å². The maximum absolute atomic E-state index is 9.64. The van der Waals surface area contributed by atoms with E-state index < -0.39 is 0 Å². The van der Waals surface area contributed by atoms with Gasteiger partial charge in [0, 0.05) is 5.92 Å². The maximum Gasteiger partial charge on any atom is 0.293 e. The Balaban J connectivity index is 2.13. The van der Waals surface area contributed by atoms with Crippen LogP contribution in [0.1, 0.15) is 48.6 Å². The number of nitrogens with two attached hydrogens (primary N) is 1. The Labute approximate surface area is 120 Å². The molecule has 1 fully saturated rings. The number of pyridine rings is 1. The van der Waals surface area contributed by atoms with Gasteiger partial charge in [0.15, 0.2) is 0 Å². The molecule has 20 heavy (non-hydrogen) atoms. The van der Waals surface area contributed by atoms with Gasteiger partial charge in [0.25, 0.3) is 5.82 Å². The number of nitriles is 1. The highest BCUT2D eigenvalue weighted by Crippen LogP contribution is 2.33. The van der Waals surface area contributed by atoms with Gasteiger partial charge in [-0.15, -0.1) is 0 Å². The summed E-state index contributed by atoms with van der Waals surface area (Å²) in [4.78, 5) is 5.99. The van der Waals surface area contributed by atoms with E-state index in [1.54, 1.807) is 0 Å². The second-order valence-corrected chi connectivity index (χ2v) is 6.19. The third-order valence-electron chi connectivity index (χ3n) is 4.55. The Morgan fingerprint density at radius 1 is 1.20 bits per heavy atom. The van der Waals surface area contributed by atoms with Crippen LogP contribution in [0.25, 0.3) is 0 Å². The van der Waals surface area contributed by atoms with Crippen LogP contribution in [0.4, 0.5) is 5.82 Å². The van der Waals surface area contributed by atoms with Crippen LogP contribution >= 0.6 is 0 Å². The summed E-state index contributed by atoms with van der Waals surface area (Å²) in [5, 5.41) is 12.0. The highest BCUT2D eigenvalue weighted by atomic mass is 15.2. The summed E-state index contributed by atoms with van der Waals surface area (Å²) in [5.74, 6) is 1.56. The molecule has 3 N–H and O–H groups in total. The molecule has 1 aliphatic heterocycles. The average Bonchev–Trinajstić information content (AvgIpc) is 2.95.